The summed E-state index contributed by atoms with van der Waals surface area (Å²) in [6.07, 6.45) is 52.9. The number of aliphatic hydroxyl groups is 1. The van der Waals surface area contributed by atoms with Gasteiger partial charge in [0.05, 0.1) is 26.4 Å². The Morgan fingerprint density at radius 3 is 0.731 bits per heavy atom. The number of phosphoric acid groups is 2. The maximum Gasteiger partial charge on any atom is 0.472 e. The summed E-state index contributed by atoms with van der Waals surface area (Å²) in [6, 6.07) is 0. The van der Waals surface area contributed by atoms with Gasteiger partial charge in [0.15, 0.2) is 12.2 Å². The topological polar surface area (TPSA) is 237 Å². The fourth-order valence-corrected chi connectivity index (χ4v) is 12.9. The van der Waals surface area contributed by atoms with Crippen LogP contribution in [0.3, 0.4) is 0 Å². The first-order chi connectivity index (χ1) is 44.9. The zero-order chi connectivity index (χ0) is 68.6. The van der Waals surface area contributed by atoms with E-state index in [1.807, 2.05) is 0 Å². The molecule has 0 bridgehead atoms. The molecule has 552 valence electrons. The van der Waals surface area contributed by atoms with Crippen LogP contribution in [0.5, 0.6) is 0 Å². The predicted octanol–water partition coefficient (Wildman–Crippen LogP) is 21.6. The highest BCUT2D eigenvalue weighted by Crippen LogP contribution is 2.45. The van der Waals surface area contributed by atoms with Gasteiger partial charge in [-0.1, -0.05) is 330 Å². The molecule has 0 aliphatic rings. The van der Waals surface area contributed by atoms with Crippen LogP contribution in [0.1, 0.15) is 382 Å². The van der Waals surface area contributed by atoms with Gasteiger partial charge in [0.2, 0.25) is 0 Å². The third-order valence-electron chi connectivity index (χ3n) is 17.2. The van der Waals surface area contributed by atoms with Gasteiger partial charge in [-0.2, -0.15) is 0 Å². The number of hydrogen-bond acceptors (Lipinski definition) is 15. The minimum atomic E-state index is -4.96. The largest absolute Gasteiger partial charge is 0.472 e. The highest BCUT2D eigenvalue weighted by molar-refractivity contribution is 7.47. The lowest BCUT2D eigenvalue weighted by Gasteiger charge is -2.21. The molecule has 0 radical (unpaired) electrons. The lowest BCUT2D eigenvalue weighted by molar-refractivity contribution is -0.161. The Hall–Kier alpha value is -1.94. The Balaban J connectivity index is 5.23. The van der Waals surface area contributed by atoms with E-state index in [0.717, 1.165) is 102 Å². The molecule has 0 saturated heterocycles. The van der Waals surface area contributed by atoms with Crippen LogP contribution in [-0.2, 0) is 65.4 Å². The lowest BCUT2D eigenvalue weighted by atomic mass is 10.0. The van der Waals surface area contributed by atoms with Crippen molar-refractivity contribution in [3.05, 3.63) is 0 Å². The molecule has 3 N–H and O–H groups in total. The van der Waals surface area contributed by atoms with Gasteiger partial charge in [-0.15, -0.1) is 0 Å². The molecule has 0 aliphatic carbocycles. The normalized spacial score (nSPS) is 14.1. The number of hydrogen-bond donors (Lipinski definition) is 3. The van der Waals surface area contributed by atoms with Gasteiger partial charge in [0.25, 0.3) is 0 Å². The monoisotopic (exact) mass is 1370 g/mol. The average Bonchev–Trinajstić information content (AvgIpc) is 1.81. The molecule has 19 heteroatoms. The van der Waals surface area contributed by atoms with Crippen LogP contribution in [0.25, 0.3) is 0 Å². The smallest absolute Gasteiger partial charge is 0.462 e. The van der Waals surface area contributed by atoms with Crippen LogP contribution >= 0.6 is 15.6 Å². The van der Waals surface area contributed by atoms with E-state index < -0.39 is 97.5 Å². The maximum atomic E-state index is 13.1. The first-order valence-electron chi connectivity index (χ1n) is 38.5. The first kappa shape index (κ1) is 91.1. The molecule has 93 heavy (non-hydrogen) atoms. The van der Waals surface area contributed by atoms with Gasteiger partial charge >= 0.3 is 39.5 Å². The highest BCUT2D eigenvalue weighted by atomic mass is 31.2. The van der Waals surface area contributed by atoms with Crippen molar-refractivity contribution in [2.45, 2.75) is 400 Å². The van der Waals surface area contributed by atoms with Crippen molar-refractivity contribution in [1.82, 2.24) is 0 Å². The molecular weight excluding hydrogens is 1220 g/mol. The Bertz CT molecular complexity index is 1800. The second kappa shape index (κ2) is 66.0. The summed E-state index contributed by atoms with van der Waals surface area (Å²) in [6.45, 7) is 9.49. The molecule has 0 fully saturated rings. The SMILES string of the molecule is CCCCCCCCCCCCCCCCCCCCC(=O)O[C@H](COC(=O)CCCCCCCCCCCCCCCC)COP(=O)(O)OC[C@@H](O)COP(=O)(O)OC[C@@H](COC(=O)CCCCCCCCCC(C)C)OC(=O)CCCCCCCCCCC(C)C. The van der Waals surface area contributed by atoms with Crippen LogP contribution < -0.4 is 0 Å². The van der Waals surface area contributed by atoms with Gasteiger partial charge < -0.3 is 33.8 Å². The van der Waals surface area contributed by atoms with Crippen molar-refractivity contribution in [1.29, 1.82) is 0 Å². The first-order valence-corrected chi connectivity index (χ1v) is 41.5. The van der Waals surface area contributed by atoms with Crippen LogP contribution in [0.15, 0.2) is 0 Å². The average molecular weight is 1370 g/mol. The van der Waals surface area contributed by atoms with E-state index in [1.165, 1.54) is 193 Å². The van der Waals surface area contributed by atoms with Crippen molar-refractivity contribution in [2.24, 2.45) is 11.8 Å². The summed E-state index contributed by atoms with van der Waals surface area (Å²) >= 11 is 0. The second-order valence-corrected chi connectivity index (χ2v) is 30.5. The molecule has 0 aromatic heterocycles. The summed E-state index contributed by atoms with van der Waals surface area (Å²) in [5.74, 6) is -0.697. The maximum absolute atomic E-state index is 13.1. The molecule has 5 atom stereocenters. The van der Waals surface area contributed by atoms with E-state index in [-0.39, 0.29) is 25.7 Å². The Morgan fingerprint density at radius 1 is 0.290 bits per heavy atom. The second-order valence-electron chi connectivity index (χ2n) is 27.6. The third-order valence-corrected chi connectivity index (χ3v) is 19.1. The summed E-state index contributed by atoms with van der Waals surface area (Å²) in [5, 5.41) is 10.6. The fourth-order valence-electron chi connectivity index (χ4n) is 11.3. The quantitative estimate of drug-likeness (QED) is 0.0222. The van der Waals surface area contributed by atoms with Crippen molar-refractivity contribution >= 4 is 39.5 Å². The van der Waals surface area contributed by atoms with Gasteiger partial charge in [-0.05, 0) is 37.5 Å². The number of unbranched alkanes of at least 4 members (excludes halogenated alkanes) is 43. The summed E-state index contributed by atoms with van der Waals surface area (Å²) in [5.41, 5.74) is 0. The van der Waals surface area contributed by atoms with E-state index in [4.69, 9.17) is 37.0 Å². The third kappa shape index (κ3) is 68.4. The van der Waals surface area contributed by atoms with E-state index in [2.05, 4.69) is 41.5 Å². The molecule has 0 saturated carbocycles. The fraction of sp³-hybridized carbons (Fsp3) is 0.946. The Labute approximate surface area is 568 Å². The molecule has 0 aromatic rings. The zero-order valence-corrected chi connectivity index (χ0v) is 62.3. The van der Waals surface area contributed by atoms with E-state index in [1.54, 1.807) is 0 Å². The van der Waals surface area contributed by atoms with Crippen LogP contribution in [0, 0.1) is 11.8 Å². The molecule has 2 unspecified atom stereocenters. The van der Waals surface area contributed by atoms with Crippen molar-refractivity contribution < 1.29 is 80.2 Å². The molecule has 0 amide bonds. The predicted molar refractivity (Wildman–Crippen MR) is 377 cm³/mol. The highest BCUT2D eigenvalue weighted by Gasteiger charge is 2.30. The number of rotatable bonds is 73. The number of phosphoric ester groups is 2. The minimum absolute atomic E-state index is 0.104. The number of carbonyl (C=O) groups is 4. The van der Waals surface area contributed by atoms with Crippen LogP contribution in [0.4, 0.5) is 0 Å². The molecule has 17 nitrogen and oxygen atoms in total. The Morgan fingerprint density at radius 2 is 0.495 bits per heavy atom. The van der Waals surface area contributed by atoms with Crippen LogP contribution in [-0.4, -0.2) is 96.7 Å². The molecule has 0 aliphatic heterocycles. The molecule has 0 heterocycles. The van der Waals surface area contributed by atoms with Gasteiger partial charge in [0.1, 0.15) is 19.3 Å². The number of ether oxygens (including phenoxy) is 4. The minimum Gasteiger partial charge on any atom is -0.462 e. The summed E-state index contributed by atoms with van der Waals surface area (Å²) < 4.78 is 68.4. The number of esters is 4. The Kier molecular flexibility index (Phi) is 64.6. The zero-order valence-electron chi connectivity index (χ0n) is 60.6. The van der Waals surface area contributed by atoms with E-state index in [9.17, 15) is 43.2 Å². The number of aliphatic hydroxyl groups excluding tert-OH is 1. The van der Waals surface area contributed by atoms with Crippen molar-refractivity contribution in [3.63, 3.8) is 0 Å². The molecule has 0 rings (SSSR count). The number of carbonyl (C=O) groups excluding carboxylic acids is 4. The van der Waals surface area contributed by atoms with Crippen molar-refractivity contribution in [2.75, 3.05) is 39.6 Å². The van der Waals surface area contributed by atoms with Crippen molar-refractivity contribution in [3.8, 4) is 0 Å². The summed E-state index contributed by atoms with van der Waals surface area (Å²) in [4.78, 5) is 72.7. The van der Waals surface area contributed by atoms with Gasteiger partial charge in [0, 0.05) is 25.7 Å². The van der Waals surface area contributed by atoms with Gasteiger partial charge in [-0.3, -0.25) is 37.3 Å². The summed E-state index contributed by atoms with van der Waals surface area (Å²) in [7, 11) is -9.91. The van der Waals surface area contributed by atoms with E-state index >= 15 is 0 Å². The standard InChI is InChI=1S/C74H144O17P2/c1-7-9-11-13-15-17-19-21-23-24-25-26-28-30-32-39-46-52-58-73(78)90-69(62-84-71(76)56-50-44-38-31-29-27-22-20-18-16-14-12-10-8-2)64-88-92(80,81)86-60-68(75)61-87-93(82,83)89-65-70(63-85-72(77)57-51-45-41-35-37-43-49-55-67(5)6)91-74(79)59-53-47-40-34-33-36-42-48-54-66(3)4/h66-70,75H,7-65H2,1-6H3,(H,80,81)(H,82,83)/t68-,69-,70-/m1/s1. The van der Waals surface area contributed by atoms with Gasteiger partial charge in [-0.25, -0.2) is 9.13 Å². The molecule has 0 spiro atoms. The molecule has 0 aromatic carbocycles. The van der Waals surface area contributed by atoms with E-state index in [0.29, 0.717) is 31.6 Å². The lowest BCUT2D eigenvalue weighted by Crippen LogP contribution is -2.30. The molecular formula is C74H144O17P2. The van der Waals surface area contributed by atoms with Crippen LogP contribution in [0.2, 0.25) is 0 Å².